The highest BCUT2D eigenvalue weighted by molar-refractivity contribution is 7.47. The number of hydrogen-bond acceptors (Lipinski definition) is 19. The summed E-state index contributed by atoms with van der Waals surface area (Å²) in [6.45, 7) is 1.75. The van der Waals surface area contributed by atoms with Gasteiger partial charge in [-0.2, -0.15) is 9.97 Å². The van der Waals surface area contributed by atoms with Gasteiger partial charge in [-0.15, -0.1) is 0 Å². The third kappa shape index (κ3) is 6.38. The minimum absolute atomic E-state index is 0.0184. The molecular weight excluding hydrogens is 714 g/mol. The number of aromatic amines is 2. The summed E-state index contributed by atoms with van der Waals surface area (Å²) in [7, 11) is -10.3. The van der Waals surface area contributed by atoms with E-state index in [-0.39, 0.29) is 47.4 Å². The third-order valence-electron chi connectivity index (χ3n) is 8.04. The molecular formula is C24H31N10O14P2-. The molecule has 4 aromatic heterocycles. The van der Waals surface area contributed by atoms with Gasteiger partial charge in [0, 0.05) is 13.2 Å². The second-order valence-electron chi connectivity index (χ2n) is 11.2. The average molecular weight is 746 g/mol. The Bertz CT molecular complexity index is 1970. The highest BCUT2D eigenvalue weighted by Gasteiger charge is 2.54. The van der Waals surface area contributed by atoms with E-state index in [2.05, 4.69) is 29.9 Å². The van der Waals surface area contributed by atoms with Crippen molar-refractivity contribution in [3.63, 3.8) is 0 Å². The van der Waals surface area contributed by atoms with Gasteiger partial charge in [0.25, 0.3) is 18.9 Å². The zero-order chi connectivity index (χ0) is 35.5. The molecule has 3 fully saturated rings. The van der Waals surface area contributed by atoms with Gasteiger partial charge in [-0.3, -0.25) is 42.3 Å². The van der Waals surface area contributed by atoms with E-state index in [0.29, 0.717) is 0 Å². The molecule has 0 bridgehead atoms. The second-order valence-corrected chi connectivity index (χ2v) is 13.9. The smallest absolute Gasteiger partial charge is 0.472 e. The molecule has 0 saturated carbocycles. The molecule has 3 saturated heterocycles. The number of fused-ring (bicyclic) bond motifs is 4. The normalized spacial score (nSPS) is 35.1. The van der Waals surface area contributed by atoms with Crippen molar-refractivity contribution in [1.82, 2.24) is 39.0 Å². The molecule has 3 aliphatic rings. The summed E-state index contributed by atoms with van der Waals surface area (Å²) in [6.07, 6.45) is -8.39. The number of phosphoric ester groups is 2. The molecule has 24 nitrogen and oxygen atoms in total. The number of nitrogens with two attached hydrogens (primary N) is 2. The number of nitrogens with zero attached hydrogens (tertiary/aromatic N) is 6. The van der Waals surface area contributed by atoms with E-state index in [4.69, 9.17) is 48.5 Å². The van der Waals surface area contributed by atoms with Crippen LogP contribution in [0.1, 0.15) is 26.3 Å². The van der Waals surface area contributed by atoms with Gasteiger partial charge in [0.05, 0.1) is 25.9 Å². The van der Waals surface area contributed by atoms with Crippen LogP contribution in [0.4, 0.5) is 11.9 Å². The Labute approximate surface area is 279 Å². The number of nitrogen functional groups attached to an aromatic ring is 2. The highest BCUT2D eigenvalue weighted by atomic mass is 31.2. The van der Waals surface area contributed by atoms with Crippen LogP contribution in [0.2, 0.25) is 0 Å². The largest absolute Gasteiger partial charge is 0.756 e. The van der Waals surface area contributed by atoms with E-state index in [1.54, 1.807) is 13.8 Å². The van der Waals surface area contributed by atoms with Crippen LogP contribution in [0.15, 0.2) is 22.2 Å². The van der Waals surface area contributed by atoms with Gasteiger partial charge in [-0.1, -0.05) is 0 Å². The van der Waals surface area contributed by atoms with Gasteiger partial charge in [0.15, 0.2) is 34.8 Å². The number of imidazole rings is 2. The Hall–Kier alpha value is -3.64. The Morgan fingerprint density at radius 3 is 1.80 bits per heavy atom. The van der Waals surface area contributed by atoms with Crippen LogP contribution < -0.4 is 27.5 Å². The molecule has 0 spiro atoms. The second kappa shape index (κ2) is 13.2. The lowest BCUT2D eigenvalue weighted by Gasteiger charge is -2.33. The fourth-order valence-electron chi connectivity index (χ4n) is 6.08. The van der Waals surface area contributed by atoms with Crippen LogP contribution in [0.25, 0.3) is 22.3 Å². The van der Waals surface area contributed by atoms with Crippen LogP contribution in [0.3, 0.4) is 0 Å². The lowest BCUT2D eigenvalue weighted by atomic mass is 10.1. The summed E-state index contributed by atoms with van der Waals surface area (Å²) in [5.41, 5.74) is 9.95. The lowest BCUT2D eigenvalue weighted by Crippen LogP contribution is -2.41. The minimum Gasteiger partial charge on any atom is -0.756 e. The Balaban J connectivity index is 1.22. The summed E-state index contributed by atoms with van der Waals surface area (Å²) < 4.78 is 74.9. The summed E-state index contributed by atoms with van der Waals surface area (Å²) in [6, 6.07) is 0. The molecule has 3 aliphatic heterocycles. The first-order valence-corrected chi connectivity index (χ1v) is 18.0. The SMILES string of the molecule is CCO[C@@H]1[C@@H]2OP(=O)([O-])OC[C@H]3O[C@@H](n4cnc5c(=O)[nH]c(N)nc54)[C@H](OCC)[C@@H]3OP(=O)(O)OC[C@H]2O[C@H]1n1cnc2c(=O)[nH]c(N)nc21. The number of aromatic nitrogens is 8. The average Bonchev–Trinajstić information content (AvgIpc) is 3.80. The summed E-state index contributed by atoms with van der Waals surface area (Å²) in [4.78, 5) is 70.1. The lowest BCUT2D eigenvalue weighted by molar-refractivity contribution is -0.237. The maximum atomic E-state index is 13.5. The Morgan fingerprint density at radius 1 is 0.860 bits per heavy atom. The van der Waals surface area contributed by atoms with Gasteiger partial charge in [-0.25, -0.2) is 14.5 Å². The van der Waals surface area contributed by atoms with E-state index in [9.17, 15) is 28.5 Å². The molecule has 2 unspecified atom stereocenters. The van der Waals surface area contributed by atoms with Crippen molar-refractivity contribution in [1.29, 1.82) is 0 Å². The van der Waals surface area contributed by atoms with Crippen molar-refractivity contribution in [3.8, 4) is 0 Å². The third-order valence-corrected chi connectivity index (χ3v) is 10.00. The van der Waals surface area contributed by atoms with Crippen molar-refractivity contribution in [3.05, 3.63) is 33.4 Å². The van der Waals surface area contributed by atoms with E-state index < -0.39 is 89.1 Å². The molecule has 50 heavy (non-hydrogen) atoms. The Morgan fingerprint density at radius 2 is 1.32 bits per heavy atom. The van der Waals surface area contributed by atoms with E-state index in [1.807, 2.05) is 0 Å². The van der Waals surface area contributed by atoms with Crippen LogP contribution in [-0.4, -0.2) is 107 Å². The van der Waals surface area contributed by atoms with Crippen LogP contribution in [-0.2, 0) is 46.2 Å². The topological polar surface area (TPSA) is 330 Å². The van der Waals surface area contributed by atoms with Crippen LogP contribution in [0.5, 0.6) is 0 Å². The summed E-state index contributed by atoms with van der Waals surface area (Å²) in [5, 5.41) is 0. The maximum Gasteiger partial charge on any atom is 0.472 e. The molecule has 26 heteroatoms. The molecule has 7 heterocycles. The number of rotatable bonds is 6. The molecule has 272 valence electrons. The molecule has 0 aliphatic carbocycles. The first kappa shape index (κ1) is 34.8. The first-order valence-electron chi connectivity index (χ1n) is 15.1. The molecule has 10 atom stereocenters. The molecule has 7 N–H and O–H groups in total. The molecule has 7 rings (SSSR count). The fourth-order valence-corrected chi connectivity index (χ4v) is 7.98. The predicted octanol–water partition coefficient (Wildman–Crippen LogP) is -1.59. The van der Waals surface area contributed by atoms with Gasteiger partial charge in [-0.05, 0) is 13.8 Å². The van der Waals surface area contributed by atoms with Crippen molar-refractivity contribution in [2.24, 2.45) is 0 Å². The number of hydrogen-bond donors (Lipinski definition) is 5. The summed E-state index contributed by atoms with van der Waals surface area (Å²) >= 11 is 0. The van der Waals surface area contributed by atoms with Gasteiger partial charge in [0.1, 0.15) is 36.6 Å². The highest BCUT2D eigenvalue weighted by Crippen LogP contribution is 2.53. The van der Waals surface area contributed by atoms with E-state index in [0.717, 1.165) is 0 Å². The van der Waals surface area contributed by atoms with Gasteiger partial charge >= 0.3 is 7.82 Å². The number of H-pyrrole nitrogens is 2. The maximum absolute atomic E-state index is 13.5. The molecule has 4 aromatic rings. The molecule has 0 radical (unpaired) electrons. The van der Waals surface area contributed by atoms with E-state index >= 15 is 0 Å². The predicted molar refractivity (Wildman–Crippen MR) is 163 cm³/mol. The molecule has 0 amide bonds. The number of phosphoric acid groups is 2. The first-order chi connectivity index (χ1) is 23.8. The Kier molecular flexibility index (Phi) is 9.16. The zero-order valence-corrected chi connectivity index (χ0v) is 27.9. The number of anilines is 2. The monoisotopic (exact) mass is 745 g/mol. The van der Waals surface area contributed by atoms with Crippen molar-refractivity contribution in [2.45, 2.75) is 62.9 Å². The van der Waals surface area contributed by atoms with Crippen LogP contribution >= 0.6 is 15.6 Å². The number of nitrogens with one attached hydrogen (secondary N) is 2. The van der Waals surface area contributed by atoms with Crippen LogP contribution in [0, 0.1) is 0 Å². The van der Waals surface area contributed by atoms with Crippen molar-refractivity contribution >= 4 is 49.9 Å². The quantitative estimate of drug-likeness (QED) is 0.139. The van der Waals surface area contributed by atoms with Gasteiger partial charge < -0.3 is 49.2 Å². The zero-order valence-electron chi connectivity index (χ0n) is 26.1. The summed E-state index contributed by atoms with van der Waals surface area (Å²) in [5.74, 6) is -0.456. The minimum atomic E-state index is -5.27. The van der Waals surface area contributed by atoms with Gasteiger partial charge in [0.2, 0.25) is 11.9 Å². The fraction of sp³-hybridized carbons (Fsp3) is 0.583. The number of ether oxygens (including phenoxy) is 4. The standard InChI is InChI=1S/C24H32N10O14P2/c1-3-41-15-13-9(45-21(15)33-7-27-11-17(33)29-23(25)31-19(11)35)5-43-50(39,40)48-14-10(6-44-49(37,38)47-13)46-22(16(14)42-4-2)34-8-28-12-18(34)30-24(26)32-20(12)36/h7-10,13-16,21-22H,3-6H2,1-2H3,(H,37,38)(H,39,40)(H3,25,29,31,35)(H3,26,30,32,36)/p-1/t9-,10-,13-,14-,15-,16-,21-,22-/m1/s1. The van der Waals surface area contributed by atoms with Crippen molar-refractivity contribution < 1.29 is 56.0 Å². The molecule has 0 aromatic carbocycles. The van der Waals surface area contributed by atoms with Crippen molar-refractivity contribution in [2.75, 3.05) is 37.9 Å². The van der Waals surface area contributed by atoms with E-state index in [1.165, 1.54) is 21.8 Å².